The van der Waals surface area contributed by atoms with Gasteiger partial charge in [-0.05, 0) is 31.9 Å². The van der Waals surface area contributed by atoms with E-state index in [4.69, 9.17) is 0 Å². The van der Waals surface area contributed by atoms with E-state index in [1.165, 1.54) is 18.2 Å². The minimum absolute atomic E-state index is 0.0137. The molecule has 0 spiro atoms. The van der Waals surface area contributed by atoms with Crippen molar-refractivity contribution in [3.63, 3.8) is 0 Å². The molecule has 0 aromatic heterocycles. The number of nitrogens with zero attached hydrogens (tertiary/aromatic N) is 1. The van der Waals surface area contributed by atoms with Crippen LogP contribution >= 0.6 is 0 Å². The fourth-order valence-corrected chi connectivity index (χ4v) is 1.85. The molecule has 2 N–H and O–H groups in total. The Morgan fingerprint density at radius 1 is 1.40 bits per heavy atom. The monoisotopic (exact) mass is 280 g/mol. The topological polar surface area (TPSA) is 92.5 Å². The number of benzene rings is 1. The van der Waals surface area contributed by atoms with Crippen LogP contribution in [0.1, 0.15) is 42.6 Å². The van der Waals surface area contributed by atoms with Crippen molar-refractivity contribution in [1.29, 1.82) is 0 Å². The van der Waals surface area contributed by atoms with E-state index in [1.54, 1.807) is 6.92 Å². The van der Waals surface area contributed by atoms with Crippen LogP contribution in [0, 0.1) is 17.0 Å². The highest BCUT2D eigenvalue weighted by molar-refractivity contribution is 5.94. The molecule has 6 nitrogen and oxygen atoms in total. The summed E-state index contributed by atoms with van der Waals surface area (Å²) in [5, 5.41) is 23.5. The summed E-state index contributed by atoms with van der Waals surface area (Å²) >= 11 is 0. The number of aliphatic hydroxyl groups is 1. The number of rotatable bonds is 6. The van der Waals surface area contributed by atoms with E-state index in [0.29, 0.717) is 24.0 Å². The van der Waals surface area contributed by atoms with Gasteiger partial charge >= 0.3 is 0 Å². The van der Waals surface area contributed by atoms with E-state index in [9.17, 15) is 20.0 Å². The van der Waals surface area contributed by atoms with Crippen LogP contribution in [0.3, 0.4) is 0 Å². The lowest BCUT2D eigenvalue weighted by Crippen LogP contribution is -2.42. The second-order valence-electron chi connectivity index (χ2n) is 4.87. The molecule has 110 valence electrons. The summed E-state index contributed by atoms with van der Waals surface area (Å²) < 4.78 is 0. The Hall–Kier alpha value is -1.95. The number of nitro groups is 1. The first-order valence-electron chi connectivity index (χ1n) is 6.58. The number of hydrogen-bond donors (Lipinski definition) is 2. The lowest BCUT2D eigenvalue weighted by atomic mass is 9.97. The largest absolute Gasteiger partial charge is 0.388 e. The highest BCUT2D eigenvalue weighted by Crippen LogP contribution is 2.19. The fourth-order valence-electron chi connectivity index (χ4n) is 1.85. The van der Waals surface area contributed by atoms with Gasteiger partial charge in [0.15, 0.2) is 0 Å². The lowest BCUT2D eigenvalue weighted by Gasteiger charge is -2.25. The second kappa shape index (κ2) is 6.47. The molecular weight excluding hydrogens is 260 g/mol. The van der Waals surface area contributed by atoms with Crippen LogP contribution in [0.2, 0.25) is 0 Å². The number of nitrogens with one attached hydrogen (secondary N) is 1. The zero-order valence-corrected chi connectivity index (χ0v) is 12.0. The Morgan fingerprint density at radius 2 is 2.00 bits per heavy atom. The van der Waals surface area contributed by atoms with E-state index >= 15 is 0 Å². The van der Waals surface area contributed by atoms with Gasteiger partial charge in [-0.15, -0.1) is 0 Å². The molecule has 0 aliphatic carbocycles. The Labute approximate surface area is 118 Å². The molecular formula is C14H20N2O4. The first-order chi connectivity index (χ1) is 9.33. The molecule has 0 unspecified atom stereocenters. The van der Waals surface area contributed by atoms with Crippen LogP contribution < -0.4 is 5.32 Å². The molecule has 0 bridgehead atoms. The van der Waals surface area contributed by atoms with Crippen molar-refractivity contribution >= 4 is 11.6 Å². The van der Waals surface area contributed by atoms with Crippen LogP contribution in [-0.2, 0) is 0 Å². The number of carbonyl (C=O) groups excluding carboxylic acids is 1. The van der Waals surface area contributed by atoms with Gasteiger partial charge in [-0.25, -0.2) is 0 Å². The van der Waals surface area contributed by atoms with Crippen LogP contribution in [0.4, 0.5) is 5.69 Å². The SMILES string of the molecule is CCC(O)(CC)CNC(=O)c1ccc([N+](=O)[O-])c(C)c1. The Kier molecular flexibility index (Phi) is 5.21. The summed E-state index contributed by atoms with van der Waals surface area (Å²) in [6, 6.07) is 4.21. The summed E-state index contributed by atoms with van der Waals surface area (Å²) in [5.41, 5.74) is -0.141. The highest BCUT2D eigenvalue weighted by Gasteiger charge is 2.23. The van der Waals surface area contributed by atoms with E-state index in [0.717, 1.165) is 0 Å². The lowest BCUT2D eigenvalue weighted by molar-refractivity contribution is -0.385. The molecule has 0 atom stereocenters. The third kappa shape index (κ3) is 3.77. The van der Waals surface area contributed by atoms with Crippen molar-refractivity contribution in [2.75, 3.05) is 6.54 Å². The third-order valence-electron chi connectivity index (χ3n) is 3.55. The summed E-state index contributed by atoms with van der Waals surface area (Å²) in [6.45, 7) is 5.45. The molecule has 0 fully saturated rings. The van der Waals surface area contributed by atoms with Crippen molar-refractivity contribution in [3.05, 3.63) is 39.4 Å². The van der Waals surface area contributed by atoms with Gasteiger partial charge in [0, 0.05) is 23.7 Å². The summed E-state index contributed by atoms with van der Waals surface area (Å²) in [7, 11) is 0. The standard InChI is InChI=1S/C14H20N2O4/c1-4-14(18,5-2)9-15-13(17)11-6-7-12(16(19)20)10(3)8-11/h6-8,18H,4-5,9H2,1-3H3,(H,15,17). The first-order valence-corrected chi connectivity index (χ1v) is 6.58. The third-order valence-corrected chi connectivity index (χ3v) is 3.55. The maximum atomic E-state index is 12.0. The minimum Gasteiger partial charge on any atom is -0.388 e. The smallest absolute Gasteiger partial charge is 0.272 e. The number of amides is 1. The average molecular weight is 280 g/mol. The van der Waals surface area contributed by atoms with Crippen LogP contribution in [0.5, 0.6) is 0 Å². The molecule has 20 heavy (non-hydrogen) atoms. The van der Waals surface area contributed by atoms with Crippen molar-refractivity contribution in [1.82, 2.24) is 5.32 Å². The first kappa shape index (κ1) is 16.1. The molecule has 0 heterocycles. The number of aryl methyl sites for hydroxylation is 1. The van der Waals surface area contributed by atoms with E-state index < -0.39 is 10.5 Å². The normalized spacial score (nSPS) is 11.2. The second-order valence-corrected chi connectivity index (χ2v) is 4.87. The van der Waals surface area contributed by atoms with E-state index in [-0.39, 0.29) is 18.1 Å². The maximum absolute atomic E-state index is 12.0. The average Bonchev–Trinajstić information content (AvgIpc) is 2.43. The van der Waals surface area contributed by atoms with Gasteiger partial charge in [-0.3, -0.25) is 14.9 Å². The molecule has 1 amide bonds. The van der Waals surface area contributed by atoms with Crippen LogP contribution in [0.15, 0.2) is 18.2 Å². The van der Waals surface area contributed by atoms with Crippen molar-refractivity contribution in [3.8, 4) is 0 Å². The van der Waals surface area contributed by atoms with Gasteiger partial charge < -0.3 is 10.4 Å². The molecule has 6 heteroatoms. The van der Waals surface area contributed by atoms with E-state index in [2.05, 4.69) is 5.32 Å². The Morgan fingerprint density at radius 3 is 2.45 bits per heavy atom. The fraction of sp³-hybridized carbons (Fsp3) is 0.500. The molecule has 0 aliphatic rings. The molecule has 0 radical (unpaired) electrons. The number of carbonyl (C=O) groups is 1. The van der Waals surface area contributed by atoms with Crippen LogP contribution in [-0.4, -0.2) is 28.1 Å². The predicted octanol–water partition coefficient (Wildman–Crippen LogP) is 2.18. The van der Waals surface area contributed by atoms with Gasteiger partial charge in [0.25, 0.3) is 11.6 Å². The van der Waals surface area contributed by atoms with Crippen LogP contribution in [0.25, 0.3) is 0 Å². The van der Waals surface area contributed by atoms with Gasteiger partial charge in [0.05, 0.1) is 10.5 Å². The predicted molar refractivity (Wildman–Crippen MR) is 75.7 cm³/mol. The summed E-state index contributed by atoms with van der Waals surface area (Å²) in [5.74, 6) is -0.344. The minimum atomic E-state index is -0.911. The number of hydrogen-bond acceptors (Lipinski definition) is 4. The molecule has 0 saturated carbocycles. The molecule has 0 aliphatic heterocycles. The van der Waals surface area contributed by atoms with Gasteiger partial charge in [-0.2, -0.15) is 0 Å². The molecule has 1 rings (SSSR count). The Balaban J connectivity index is 2.79. The maximum Gasteiger partial charge on any atom is 0.272 e. The molecule has 1 aromatic carbocycles. The number of nitro benzene ring substituents is 1. The zero-order chi connectivity index (χ0) is 15.3. The van der Waals surface area contributed by atoms with E-state index in [1.807, 2.05) is 13.8 Å². The Bertz CT molecular complexity index is 510. The van der Waals surface area contributed by atoms with Crippen molar-refractivity contribution in [2.45, 2.75) is 39.2 Å². The van der Waals surface area contributed by atoms with Gasteiger partial charge in [0.2, 0.25) is 0 Å². The summed E-state index contributed by atoms with van der Waals surface area (Å²) in [6.07, 6.45) is 1.09. The summed E-state index contributed by atoms with van der Waals surface area (Å²) in [4.78, 5) is 22.2. The quantitative estimate of drug-likeness (QED) is 0.617. The van der Waals surface area contributed by atoms with Gasteiger partial charge in [-0.1, -0.05) is 13.8 Å². The molecule has 1 aromatic rings. The molecule has 0 saturated heterocycles. The van der Waals surface area contributed by atoms with Gasteiger partial charge in [0.1, 0.15) is 0 Å². The van der Waals surface area contributed by atoms with Crippen molar-refractivity contribution in [2.24, 2.45) is 0 Å². The van der Waals surface area contributed by atoms with Crippen molar-refractivity contribution < 1.29 is 14.8 Å². The zero-order valence-electron chi connectivity index (χ0n) is 12.0. The highest BCUT2D eigenvalue weighted by atomic mass is 16.6.